The van der Waals surface area contributed by atoms with Crippen molar-refractivity contribution in [3.63, 3.8) is 0 Å². The maximum atomic E-state index is 4.01. The highest BCUT2D eigenvalue weighted by atomic mass is 14.9. The molecule has 0 spiro atoms. The van der Waals surface area contributed by atoms with Gasteiger partial charge >= 0.3 is 0 Å². The van der Waals surface area contributed by atoms with E-state index in [2.05, 4.69) is 32.7 Å². The molecule has 1 aliphatic carbocycles. The summed E-state index contributed by atoms with van der Waals surface area (Å²) in [5, 5.41) is 3.68. The van der Waals surface area contributed by atoms with Crippen LogP contribution in [-0.2, 0) is 0 Å². The van der Waals surface area contributed by atoms with Crippen molar-refractivity contribution < 1.29 is 0 Å². The van der Waals surface area contributed by atoms with E-state index in [0.717, 1.165) is 6.54 Å². The molecule has 1 aliphatic rings. The SMILES string of the molecule is C=C(C)CCC(NCC)C1(C)CCCC1. The first-order valence-electron chi connectivity index (χ1n) is 6.46. The molecule has 0 aromatic carbocycles. The van der Waals surface area contributed by atoms with Gasteiger partial charge in [-0.1, -0.05) is 32.3 Å². The molecule has 88 valence electrons. The zero-order valence-corrected chi connectivity index (χ0v) is 10.7. The standard InChI is InChI=1S/C14H27N/c1-5-15-13(9-8-12(2)3)14(4)10-6-7-11-14/h13,15H,2,5-11H2,1,3-4H3. The Balaban J connectivity index is 2.51. The van der Waals surface area contributed by atoms with Crippen LogP contribution in [0, 0.1) is 5.41 Å². The van der Waals surface area contributed by atoms with E-state index in [0.29, 0.717) is 11.5 Å². The van der Waals surface area contributed by atoms with Crippen molar-refractivity contribution in [3.8, 4) is 0 Å². The fraction of sp³-hybridized carbons (Fsp3) is 0.857. The van der Waals surface area contributed by atoms with Crippen molar-refractivity contribution in [1.29, 1.82) is 0 Å². The van der Waals surface area contributed by atoms with Crippen molar-refractivity contribution in [2.24, 2.45) is 5.41 Å². The predicted octanol–water partition coefficient (Wildman–Crippen LogP) is 3.90. The Morgan fingerprint density at radius 3 is 2.47 bits per heavy atom. The highest BCUT2D eigenvalue weighted by molar-refractivity contribution is 4.95. The van der Waals surface area contributed by atoms with E-state index in [4.69, 9.17) is 0 Å². The molecule has 1 fully saturated rings. The molecule has 0 amide bonds. The Morgan fingerprint density at radius 1 is 1.40 bits per heavy atom. The van der Waals surface area contributed by atoms with Crippen molar-refractivity contribution in [3.05, 3.63) is 12.2 Å². The minimum Gasteiger partial charge on any atom is -0.314 e. The monoisotopic (exact) mass is 209 g/mol. The fourth-order valence-corrected chi connectivity index (χ4v) is 2.87. The van der Waals surface area contributed by atoms with E-state index in [-0.39, 0.29) is 0 Å². The van der Waals surface area contributed by atoms with Gasteiger partial charge in [0, 0.05) is 6.04 Å². The molecule has 1 N–H and O–H groups in total. The van der Waals surface area contributed by atoms with Gasteiger partial charge in [-0.3, -0.25) is 0 Å². The smallest absolute Gasteiger partial charge is 0.0124 e. The third kappa shape index (κ3) is 3.64. The molecular weight excluding hydrogens is 182 g/mol. The quantitative estimate of drug-likeness (QED) is 0.654. The summed E-state index contributed by atoms with van der Waals surface area (Å²) in [6, 6.07) is 0.696. The molecule has 0 aromatic heterocycles. The zero-order chi connectivity index (χ0) is 11.3. The van der Waals surface area contributed by atoms with Gasteiger partial charge in [-0.25, -0.2) is 0 Å². The average Bonchev–Trinajstić information content (AvgIpc) is 2.60. The first-order chi connectivity index (χ1) is 7.08. The highest BCUT2D eigenvalue weighted by Crippen LogP contribution is 2.42. The van der Waals surface area contributed by atoms with Crippen LogP contribution in [0.2, 0.25) is 0 Å². The molecule has 1 rings (SSSR count). The second-order valence-corrected chi connectivity index (χ2v) is 5.47. The molecule has 1 heteroatoms. The van der Waals surface area contributed by atoms with Gasteiger partial charge in [0.1, 0.15) is 0 Å². The molecular formula is C14H27N. The summed E-state index contributed by atoms with van der Waals surface area (Å²) in [4.78, 5) is 0. The Morgan fingerprint density at radius 2 is 2.00 bits per heavy atom. The number of hydrogen-bond donors (Lipinski definition) is 1. The topological polar surface area (TPSA) is 12.0 Å². The molecule has 0 aromatic rings. The Hall–Kier alpha value is -0.300. The molecule has 1 unspecified atom stereocenters. The molecule has 1 atom stereocenters. The van der Waals surface area contributed by atoms with E-state index in [1.165, 1.54) is 44.1 Å². The van der Waals surface area contributed by atoms with Crippen LogP contribution in [0.3, 0.4) is 0 Å². The first kappa shape index (κ1) is 12.8. The van der Waals surface area contributed by atoms with E-state index >= 15 is 0 Å². The van der Waals surface area contributed by atoms with Crippen molar-refractivity contribution in [2.75, 3.05) is 6.54 Å². The Labute approximate surface area is 95.3 Å². The van der Waals surface area contributed by atoms with Gasteiger partial charge in [0.2, 0.25) is 0 Å². The van der Waals surface area contributed by atoms with Crippen LogP contribution < -0.4 is 5.32 Å². The van der Waals surface area contributed by atoms with Gasteiger partial charge in [0.05, 0.1) is 0 Å². The Kier molecular flexibility index (Phi) is 4.85. The van der Waals surface area contributed by atoms with Gasteiger partial charge in [0.25, 0.3) is 0 Å². The number of nitrogens with one attached hydrogen (secondary N) is 1. The number of rotatable bonds is 6. The lowest BCUT2D eigenvalue weighted by atomic mass is 9.78. The second kappa shape index (κ2) is 5.69. The summed E-state index contributed by atoms with van der Waals surface area (Å²) in [6.45, 7) is 11.9. The normalized spacial score (nSPS) is 21.5. The van der Waals surface area contributed by atoms with Crippen LogP contribution in [0.5, 0.6) is 0 Å². The van der Waals surface area contributed by atoms with Crippen LogP contribution in [0.4, 0.5) is 0 Å². The summed E-state index contributed by atoms with van der Waals surface area (Å²) < 4.78 is 0. The van der Waals surface area contributed by atoms with E-state index in [1.807, 2.05) is 0 Å². The fourth-order valence-electron chi connectivity index (χ4n) is 2.87. The van der Waals surface area contributed by atoms with Gasteiger partial charge in [0.15, 0.2) is 0 Å². The summed E-state index contributed by atoms with van der Waals surface area (Å²) in [5.41, 5.74) is 1.87. The predicted molar refractivity (Wildman–Crippen MR) is 68.1 cm³/mol. The molecule has 0 aliphatic heterocycles. The van der Waals surface area contributed by atoms with E-state index in [1.54, 1.807) is 0 Å². The minimum absolute atomic E-state index is 0.547. The molecule has 0 radical (unpaired) electrons. The van der Waals surface area contributed by atoms with Crippen LogP contribution in [0.25, 0.3) is 0 Å². The molecule has 1 saturated carbocycles. The zero-order valence-electron chi connectivity index (χ0n) is 10.7. The lowest BCUT2D eigenvalue weighted by Crippen LogP contribution is -2.42. The largest absolute Gasteiger partial charge is 0.314 e. The Bertz CT molecular complexity index is 201. The molecule has 1 nitrogen and oxygen atoms in total. The average molecular weight is 209 g/mol. The molecule has 0 heterocycles. The number of allylic oxidation sites excluding steroid dienone is 1. The van der Waals surface area contributed by atoms with E-state index in [9.17, 15) is 0 Å². The van der Waals surface area contributed by atoms with Gasteiger partial charge in [-0.2, -0.15) is 0 Å². The number of hydrogen-bond acceptors (Lipinski definition) is 1. The van der Waals surface area contributed by atoms with Crippen LogP contribution in [-0.4, -0.2) is 12.6 Å². The maximum absolute atomic E-state index is 4.01. The molecule has 0 bridgehead atoms. The van der Waals surface area contributed by atoms with E-state index < -0.39 is 0 Å². The maximum Gasteiger partial charge on any atom is 0.0124 e. The highest BCUT2D eigenvalue weighted by Gasteiger charge is 2.35. The lowest BCUT2D eigenvalue weighted by molar-refractivity contribution is 0.212. The second-order valence-electron chi connectivity index (χ2n) is 5.47. The third-order valence-electron chi connectivity index (χ3n) is 3.90. The summed E-state index contributed by atoms with van der Waals surface area (Å²) in [7, 11) is 0. The third-order valence-corrected chi connectivity index (χ3v) is 3.90. The molecule has 0 saturated heterocycles. The van der Waals surface area contributed by atoms with Crippen molar-refractivity contribution >= 4 is 0 Å². The van der Waals surface area contributed by atoms with Gasteiger partial charge in [-0.15, -0.1) is 6.58 Å². The van der Waals surface area contributed by atoms with Gasteiger partial charge in [-0.05, 0) is 44.6 Å². The van der Waals surface area contributed by atoms with Crippen molar-refractivity contribution in [1.82, 2.24) is 5.32 Å². The summed E-state index contributed by atoms with van der Waals surface area (Å²) in [6.07, 6.45) is 8.09. The lowest BCUT2D eigenvalue weighted by Gasteiger charge is -2.35. The minimum atomic E-state index is 0.547. The van der Waals surface area contributed by atoms with Crippen LogP contribution in [0.1, 0.15) is 59.3 Å². The van der Waals surface area contributed by atoms with Crippen molar-refractivity contribution in [2.45, 2.75) is 65.3 Å². The summed E-state index contributed by atoms with van der Waals surface area (Å²) >= 11 is 0. The first-order valence-corrected chi connectivity index (χ1v) is 6.46. The molecule has 15 heavy (non-hydrogen) atoms. The van der Waals surface area contributed by atoms with Crippen LogP contribution >= 0.6 is 0 Å². The summed E-state index contributed by atoms with van der Waals surface area (Å²) in [5.74, 6) is 0. The van der Waals surface area contributed by atoms with Gasteiger partial charge < -0.3 is 5.32 Å². The van der Waals surface area contributed by atoms with Crippen LogP contribution in [0.15, 0.2) is 12.2 Å².